The van der Waals surface area contributed by atoms with Crippen molar-refractivity contribution in [3.05, 3.63) is 64.7 Å². The van der Waals surface area contributed by atoms with Gasteiger partial charge in [-0.3, -0.25) is 4.79 Å². The first-order valence-electron chi connectivity index (χ1n) is 9.62. The predicted molar refractivity (Wildman–Crippen MR) is 123 cm³/mol. The molecule has 0 radical (unpaired) electrons. The summed E-state index contributed by atoms with van der Waals surface area (Å²) in [6.45, 7) is 3.58. The van der Waals surface area contributed by atoms with E-state index in [0.29, 0.717) is 5.75 Å². The van der Waals surface area contributed by atoms with Gasteiger partial charge in [-0.2, -0.15) is 0 Å². The summed E-state index contributed by atoms with van der Waals surface area (Å²) >= 11 is 10.7. The lowest BCUT2D eigenvalue weighted by Gasteiger charge is -2.23. The zero-order valence-corrected chi connectivity index (χ0v) is 18.7. The maximum atomic E-state index is 12.2. The number of hydrogen-bond acceptors (Lipinski definition) is 5. The van der Waals surface area contributed by atoms with Crippen LogP contribution in [0.2, 0.25) is 5.02 Å². The normalized spacial score (nSPS) is 13.9. The smallest absolute Gasteiger partial charge is 0.326 e. The molecule has 166 valence electrons. The van der Waals surface area contributed by atoms with E-state index >= 15 is 0 Å². The molecule has 31 heavy (non-hydrogen) atoms. The highest BCUT2D eigenvalue weighted by Crippen LogP contribution is 2.16. The molecule has 1 aliphatic rings. The first-order chi connectivity index (χ1) is 14.9. The van der Waals surface area contributed by atoms with E-state index in [1.807, 2.05) is 0 Å². The molecular formula is C22H25ClN2O5S. The first kappa shape index (κ1) is 24.6. The molecule has 2 N–H and O–H groups in total. The second-order valence-corrected chi connectivity index (χ2v) is 7.27. The number of nitrogens with zero attached hydrogens (tertiary/aromatic N) is 1. The minimum atomic E-state index is -1.11. The zero-order chi connectivity index (χ0) is 22.6. The number of rotatable bonds is 7. The van der Waals surface area contributed by atoms with Crippen LogP contribution in [0.5, 0.6) is 5.75 Å². The molecule has 2 aromatic carbocycles. The van der Waals surface area contributed by atoms with Crippen molar-refractivity contribution in [1.29, 1.82) is 0 Å². The minimum Gasteiger partial charge on any atom is -0.497 e. The summed E-state index contributed by atoms with van der Waals surface area (Å²) in [5.41, 5.74) is 2.72. The Balaban J connectivity index is 0.000000357. The van der Waals surface area contributed by atoms with Crippen LogP contribution in [0.3, 0.4) is 0 Å². The van der Waals surface area contributed by atoms with Gasteiger partial charge >= 0.3 is 5.97 Å². The number of aliphatic carboxylic acids is 1. The van der Waals surface area contributed by atoms with Crippen LogP contribution in [0.25, 0.3) is 0 Å². The molecule has 0 saturated carbocycles. The van der Waals surface area contributed by atoms with E-state index in [4.69, 9.17) is 33.3 Å². The summed E-state index contributed by atoms with van der Waals surface area (Å²) in [6.07, 6.45) is 0.162. The fourth-order valence-corrected chi connectivity index (χ4v) is 3.19. The number of morpholine rings is 1. The van der Waals surface area contributed by atoms with Crippen LogP contribution in [0, 0.1) is 0 Å². The quantitative estimate of drug-likeness (QED) is 0.609. The predicted octanol–water partition coefficient (Wildman–Crippen LogP) is 3.05. The Kier molecular flexibility index (Phi) is 10.2. The minimum absolute atomic E-state index is 0.162. The number of hydrogen-bond donors (Lipinski definition) is 2. The van der Waals surface area contributed by atoms with Gasteiger partial charge in [-0.15, -0.1) is 0 Å². The largest absolute Gasteiger partial charge is 0.497 e. The summed E-state index contributed by atoms with van der Waals surface area (Å²) < 4.78 is 10.2. The Morgan fingerprint density at radius 2 is 1.87 bits per heavy atom. The lowest BCUT2D eigenvalue weighted by molar-refractivity contribution is -0.139. The van der Waals surface area contributed by atoms with Gasteiger partial charge in [0.15, 0.2) is 0 Å². The molecule has 0 spiro atoms. The number of carboxylic acids is 1. The average Bonchev–Trinajstić information content (AvgIpc) is 2.80. The number of amides is 1. The third-order valence-corrected chi connectivity index (χ3v) is 5.14. The molecule has 3 rings (SSSR count). The number of carboxylic acid groups (broad SMARTS) is 1. The molecule has 0 aliphatic carbocycles. The topological polar surface area (TPSA) is 88.1 Å². The van der Waals surface area contributed by atoms with Gasteiger partial charge in [0.2, 0.25) is 0 Å². The summed E-state index contributed by atoms with van der Waals surface area (Å²) in [5.74, 6) is -0.946. The van der Waals surface area contributed by atoms with Crippen molar-refractivity contribution >= 4 is 41.2 Å². The van der Waals surface area contributed by atoms with E-state index < -0.39 is 17.9 Å². The van der Waals surface area contributed by atoms with E-state index in [-0.39, 0.29) is 17.0 Å². The van der Waals surface area contributed by atoms with E-state index in [0.717, 1.165) is 31.9 Å². The van der Waals surface area contributed by atoms with Crippen LogP contribution in [0.15, 0.2) is 48.5 Å². The SMILES string of the molecule is COc1ccc(C[C@H](NC(=O)c2ccccc2Cl)C(=O)O)cc1.S=CN1CCOCC1. The molecule has 0 bridgehead atoms. The zero-order valence-electron chi connectivity index (χ0n) is 17.1. The van der Waals surface area contributed by atoms with Gasteiger partial charge in [-0.05, 0) is 29.8 Å². The number of thiocarbonyl (C=S) groups is 1. The summed E-state index contributed by atoms with van der Waals surface area (Å²) in [7, 11) is 1.55. The molecule has 1 fully saturated rings. The summed E-state index contributed by atoms with van der Waals surface area (Å²) in [4.78, 5) is 25.7. The molecule has 7 nitrogen and oxygen atoms in total. The highest BCUT2D eigenvalue weighted by atomic mass is 35.5. The van der Waals surface area contributed by atoms with Gasteiger partial charge in [-0.1, -0.05) is 48.1 Å². The van der Waals surface area contributed by atoms with Crippen molar-refractivity contribution in [2.24, 2.45) is 0 Å². The number of halogens is 1. The fourth-order valence-electron chi connectivity index (χ4n) is 2.76. The third-order valence-electron chi connectivity index (χ3n) is 4.52. The van der Waals surface area contributed by atoms with Gasteiger partial charge in [0.25, 0.3) is 5.91 Å². The highest BCUT2D eigenvalue weighted by Gasteiger charge is 2.22. The van der Waals surface area contributed by atoms with Crippen molar-refractivity contribution in [3.63, 3.8) is 0 Å². The summed E-state index contributed by atoms with van der Waals surface area (Å²) in [5, 5.41) is 12.1. The number of methoxy groups -OCH3 is 1. The van der Waals surface area contributed by atoms with Crippen LogP contribution in [0.4, 0.5) is 0 Å². The van der Waals surface area contributed by atoms with E-state index in [9.17, 15) is 14.7 Å². The van der Waals surface area contributed by atoms with Crippen LogP contribution in [0.1, 0.15) is 15.9 Å². The Hall–Kier alpha value is -2.68. The molecule has 0 unspecified atom stereocenters. The molecule has 1 aliphatic heterocycles. The number of ether oxygens (including phenoxy) is 2. The van der Waals surface area contributed by atoms with Crippen molar-refractivity contribution in [2.75, 3.05) is 33.4 Å². The number of benzene rings is 2. The van der Waals surface area contributed by atoms with Crippen LogP contribution < -0.4 is 10.1 Å². The molecule has 1 saturated heterocycles. The van der Waals surface area contributed by atoms with Gasteiger partial charge in [0.05, 0.1) is 36.4 Å². The van der Waals surface area contributed by atoms with E-state index in [2.05, 4.69) is 10.2 Å². The number of carbonyl (C=O) groups is 2. The average molecular weight is 465 g/mol. The fraction of sp³-hybridized carbons (Fsp3) is 0.318. The Labute approximate surface area is 191 Å². The van der Waals surface area contributed by atoms with Gasteiger partial charge < -0.3 is 24.8 Å². The van der Waals surface area contributed by atoms with Crippen LogP contribution in [-0.4, -0.2) is 66.8 Å². The lowest BCUT2D eigenvalue weighted by Crippen LogP contribution is -2.42. The van der Waals surface area contributed by atoms with Crippen LogP contribution in [-0.2, 0) is 16.0 Å². The second kappa shape index (κ2) is 12.9. The van der Waals surface area contributed by atoms with Crippen molar-refractivity contribution in [3.8, 4) is 5.75 Å². The molecular weight excluding hydrogens is 440 g/mol. The summed E-state index contributed by atoms with van der Waals surface area (Å²) in [6, 6.07) is 12.4. The maximum Gasteiger partial charge on any atom is 0.326 e. The van der Waals surface area contributed by atoms with Crippen molar-refractivity contribution in [1.82, 2.24) is 10.2 Å². The number of nitrogens with one attached hydrogen (secondary N) is 1. The lowest BCUT2D eigenvalue weighted by atomic mass is 10.1. The molecule has 1 heterocycles. The monoisotopic (exact) mass is 464 g/mol. The third kappa shape index (κ3) is 8.16. The van der Waals surface area contributed by atoms with Gasteiger partial charge in [-0.25, -0.2) is 4.79 Å². The Morgan fingerprint density at radius 3 is 2.39 bits per heavy atom. The van der Waals surface area contributed by atoms with Crippen molar-refractivity contribution < 1.29 is 24.2 Å². The Bertz CT molecular complexity index is 872. The van der Waals surface area contributed by atoms with E-state index in [1.165, 1.54) is 0 Å². The maximum absolute atomic E-state index is 12.2. The molecule has 0 aromatic heterocycles. The van der Waals surface area contributed by atoms with Crippen LogP contribution >= 0.6 is 23.8 Å². The standard InChI is InChI=1S/C17H16ClNO4.C5H9NOS/c1-23-12-8-6-11(7-9-12)10-15(17(21)22)19-16(20)13-4-2-3-5-14(13)18;8-5-6-1-3-7-4-2-6/h2-9,15H,10H2,1H3,(H,19,20)(H,21,22);5H,1-4H2/t15-;/m0./s1. The molecule has 9 heteroatoms. The van der Waals surface area contributed by atoms with Crippen molar-refractivity contribution in [2.45, 2.75) is 12.5 Å². The molecule has 1 atom stereocenters. The first-order valence-corrected chi connectivity index (χ1v) is 10.5. The van der Waals surface area contributed by atoms with Gasteiger partial charge in [0, 0.05) is 19.5 Å². The molecule has 2 aromatic rings. The number of carbonyl (C=O) groups excluding carboxylic acids is 1. The Morgan fingerprint density at radius 1 is 1.23 bits per heavy atom. The van der Waals surface area contributed by atoms with Gasteiger partial charge in [0.1, 0.15) is 11.8 Å². The molecule has 1 amide bonds. The highest BCUT2D eigenvalue weighted by molar-refractivity contribution is 7.78. The van der Waals surface area contributed by atoms with E-state index in [1.54, 1.807) is 61.1 Å². The second-order valence-electron chi connectivity index (χ2n) is 6.65.